The topological polar surface area (TPSA) is 51.0 Å². The van der Waals surface area contributed by atoms with Crippen LogP contribution in [0.1, 0.15) is 25.8 Å². The van der Waals surface area contributed by atoms with Crippen molar-refractivity contribution in [2.75, 3.05) is 6.54 Å². The minimum Gasteiger partial charge on any atom is -0.419 e. The highest BCUT2D eigenvalue weighted by Gasteiger charge is 2.13. The molecular weight excluding hydrogens is 210 g/mol. The van der Waals surface area contributed by atoms with Crippen molar-refractivity contribution < 1.29 is 4.42 Å². The van der Waals surface area contributed by atoms with Crippen LogP contribution >= 0.6 is 11.3 Å². The molecule has 80 valence electrons. The largest absolute Gasteiger partial charge is 0.419 e. The molecule has 15 heavy (non-hydrogen) atoms. The zero-order valence-electron chi connectivity index (χ0n) is 8.73. The normalized spacial score (nSPS) is 12.9. The van der Waals surface area contributed by atoms with Gasteiger partial charge in [-0.25, -0.2) is 0 Å². The number of aromatic nitrogens is 2. The second-order valence-electron chi connectivity index (χ2n) is 3.24. The van der Waals surface area contributed by atoms with Crippen molar-refractivity contribution in [2.45, 2.75) is 19.9 Å². The molecule has 1 N–H and O–H groups in total. The standard InChI is InChI=1S/C10H13N3OS/c1-3-11-7(2)9-12-13-10(14-9)8-4-5-15-6-8/h4-7,11H,3H2,1-2H3. The maximum Gasteiger partial charge on any atom is 0.248 e. The summed E-state index contributed by atoms with van der Waals surface area (Å²) in [5.41, 5.74) is 0.988. The quantitative estimate of drug-likeness (QED) is 0.865. The van der Waals surface area contributed by atoms with Gasteiger partial charge in [0, 0.05) is 10.9 Å². The second-order valence-corrected chi connectivity index (χ2v) is 4.02. The van der Waals surface area contributed by atoms with Crippen LogP contribution in [0.4, 0.5) is 0 Å². The Morgan fingerprint density at radius 2 is 2.40 bits per heavy atom. The van der Waals surface area contributed by atoms with Gasteiger partial charge in [-0.05, 0) is 24.9 Å². The summed E-state index contributed by atoms with van der Waals surface area (Å²) in [5.74, 6) is 1.23. The Bertz CT molecular complexity index is 410. The van der Waals surface area contributed by atoms with Crippen molar-refractivity contribution >= 4 is 11.3 Å². The number of rotatable bonds is 4. The van der Waals surface area contributed by atoms with Crippen molar-refractivity contribution in [3.63, 3.8) is 0 Å². The van der Waals surface area contributed by atoms with Crippen molar-refractivity contribution in [1.29, 1.82) is 0 Å². The van der Waals surface area contributed by atoms with Gasteiger partial charge in [-0.3, -0.25) is 0 Å². The SMILES string of the molecule is CCNC(C)c1nnc(-c2ccsc2)o1. The highest BCUT2D eigenvalue weighted by molar-refractivity contribution is 7.08. The predicted molar refractivity (Wildman–Crippen MR) is 59.7 cm³/mol. The molecule has 0 radical (unpaired) electrons. The van der Waals surface area contributed by atoms with Gasteiger partial charge in [-0.2, -0.15) is 11.3 Å². The minimum atomic E-state index is 0.106. The van der Waals surface area contributed by atoms with Gasteiger partial charge in [0.15, 0.2) is 0 Å². The number of thiophene rings is 1. The second kappa shape index (κ2) is 4.55. The first-order chi connectivity index (χ1) is 7.31. The van der Waals surface area contributed by atoms with Gasteiger partial charge in [0.1, 0.15) is 0 Å². The Morgan fingerprint density at radius 3 is 3.07 bits per heavy atom. The number of hydrogen-bond donors (Lipinski definition) is 1. The van der Waals surface area contributed by atoms with Crippen LogP contribution < -0.4 is 5.32 Å². The molecule has 0 aliphatic heterocycles. The van der Waals surface area contributed by atoms with Crippen LogP contribution in [-0.2, 0) is 0 Å². The minimum absolute atomic E-state index is 0.106. The van der Waals surface area contributed by atoms with Gasteiger partial charge in [0.05, 0.1) is 6.04 Å². The van der Waals surface area contributed by atoms with E-state index in [4.69, 9.17) is 4.42 Å². The molecule has 0 bridgehead atoms. The molecule has 0 saturated heterocycles. The maximum absolute atomic E-state index is 5.56. The van der Waals surface area contributed by atoms with Gasteiger partial charge in [-0.1, -0.05) is 6.92 Å². The highest BCUT2D eigenvalue weighted by Crippen LogP contribution is 2.22. The molecule has 0 amide bonds. The third-order valence-corrected chi connectivity index (χ3v) is 2.77. The van der Waals surface area contributed by atoms with Crippen LogP contribution in [0, 0.1) is 0 Å². The van der Waals surface area contributed by atoms with Gasteiger partial charge in [-0.15, -0.1) is 10.2 Å². The molecule has 1 atom stereocenters. The van der Waals surface area contributed by atoms with Crippen molar-refractivity contribution in [1.82, 2.24) is 15.5 Å². The summed E-state index contributed by atoms with van der Waals surface area (Å²) < 4.78 is 5.56. The molecule has 0 aromatic carbocycles. The lowest BCUT2D eigenvalue weighted by molar-refractivity contribution is 0.429. The molecule has 2 heterocycles. The zero-order chi connectivity index (χ0) is 10.7. The summed E-state index contributed by atoms with van der Waals surface area (Å²) >= 11 is 1.62. The summed E-state index contributed by atoms with van der Waals surface area (Å²) in [6.07, 6.45) is 0. The summed E-state index contributed by atoms with van der Waals surface area (Å²) in [5, 5.41) is 15.2. The Morgan fingerprint density at radius 1 is 1.53 bits per heavy atom. The van der Waals surface area contributed by atoms with E-state index in [9.17, 15) is 0 Å². The van der Waals surface area contributed by atoms with E-state index < -0.39 is 0 Å². The molecule has 0 spiro atoms. The molecule has 2 rings (SSSR count). The fraction of sp³-hybridized carbons (Fsp3) is 0.400. The maximum atomic E-state index is 5.56. The van der Waals surface area contributed by atoms with Gasteiger partial charge in [0.25, 0.3) is 0 Å². The van der Waals surface area contributed by atoms with Crippen LogP contribution in [0.15, 0.2) is 21.2 Å². The molecule has 0 saturated carbocycles. The van der Waals surface area contributed by atoms with Crippen LogP contribution in [0.5, 0.6) is 0 Å². The molecule has 2 aromatic heterocycles. The molecule has 0 fully saturated rings. The monoisotopic (exact) mass is 223 g/mol. The third-order valence-electron chi connectivity index (χ3n) is 2.09. The Labute approximate surface area is 92.3 Å². The van der Waals surface area contributed by atoms with E-state index in [-0.39, 0.29) is 6.04 Å². The Balaban J connectivity index is 2.17. The van der Waals surface area contributed by atoms with Crippen LogP contribution in [-0.4, -0.2) is 16.7 Å². The van der Waals surface area contributed by atoms with Crippen LogP contribution in [0.3, 0.4) is 0 Å². The summed E-state index contributed by atoms with van der Waals surface area (Å²) in [4.78, 5) is 0. The number of nitrogens with one attached hydrogen (secondary N) is 1. The van der Waals surface area contributed by atoms with Gasteiger partial charge >= 0.3 is 0 Å². The summed E-state index contributed by atoms with van der Waals surface area (Å²) in [6, 6.07) is 2.08. The first-order valence-corrected chi connectivity index (χ1v) is 5.85. The lowest BCUT2D eigenvalue weighted by Crippen LogP contribution is -2.17. The molecule has 2 aromatic rings. The highest BCUT2D eigenvalue weighted by atomic mass is 32.1. The average molecular weight is 223 g/mol. The van der Waals surface area contributed by atoms with E-state index in [1.54, 1.807) is 11.3 Å². The number of hydrogen-bond acceptors (Lipinski definition) is 5. The molecule has 5 heteroatoms. The van der Waals surface area contributed by atoms with Crippen molar-refractivity contribution in [3.8, 4) is 11.5 Å². The van der Waals surface area contributed by atoms with Crippen molar-refractivity contribution in [3.05, 3.63) is 22.7 Å². The first-order valence-electron chi connectivity index (χ1n) is 4.90. The molecule has 1 unspecified atom stereocenters. The smallest absolute Gasteiger partial charge is 0.248 e. The third kappa shape index (κ3) is 2.24. The van der Waals surface area contributed by atoms with E-state index >= 15 is 0 Å². The van der Waals surface area contributed by atoms with Crippen molar-refractivity contribution in [2.24, 2.45) is 0 Å². The van der Waals surface area contributed by atoms with Gasteiger partial charge in [0.2, 0.25) is 11.8 Å². The fourth-order valence-corrected chi connectivity index (χ4v) is 1.94. The van der Waals surface area contributed by atoms with Gasteiger partial charge < -0.3 is 9.73 Å². The molecule has 4 nitrogen and oxygen atoms in total. The Hall–Kier alpha value is -1.20. The molecule has 0 aliphatic carbocycles. The molecular formula is C10H13N3OS. The van der Waals surface area contributed by atoms with E-state index in [1.807, 2.05) is 30.7 Å². The lowest BCUT2D eigenvalue weighted by Gasteiger charge is -2.05. The van der Waals surface area contributed by atoms with E-state index in [1.165, 1.54) is 0 Å². The lowest BCUT2D eigenvalue weighted by atomic mass is 10.3. The average Bonchev–Trinajstić information content (AvgIpc) is 2.89. The summed E-state index contributed by atoms with van der Waals surface area (Å²) in [6.45, 7) is 4.94. The number of nitrogens with zero attached hydrogens (tertiary/aromatic N) is 2. The summed E-state index contributed by atoms with van der Waals surface area (Å²) in [7, 11) is 0. The van der Waals surface area contributed by atoms with Crippen LogP contribution in [0.25, 0.3) is 11.5 Å². The zero-order valence-corrected chi connectivity index (χ0v) is 9.54. The van der Waals surface area contributed by atoms with E-state index in [2.05, 4.69) is 15.5 Å². The van der Waals surface area contributed by atoms with Crippen LogP contribution in [0.2, 0.25) is 0 Å². The first kappa shape index (κ1) is 10.3. The van der Waals surface area contributed by atoms with E-state index in [0.717, 1.165) is 12.1 Å². The predicted octanol–water partition coefficient (Wildman–Crippen LogP) is 2.47. The molecule has 0 aliphatic rings. The fourth-order valence-electron chi connectivity index (χ4n) is 1.31. The Kier molecular flexibility index (Phi) is 3.13. The van der Waals surface area contributed by atoms with E-state index in [0.29, 0.717) is 11.8 Å².